The van der Waals surface area contributed by atoms with E-state index in [1.165, 1.54) is 0 Å². The zero-order chi connectivity index (χ0) is 14.4. The van der Waals surface area contributed by atoms with Gasteiger partial charge in [0.2, 0.25) is 0 Å². The number of rotatable bonds is 6. The maximum atomic E-state index is 10.7. The summed E-state index contributed by atoms with van der Waals surface area (Å²) < 4.78 is 5.73. The summed E-state index contributed by atoms with van der Waals surface area (Å²) >= 11 is 0. The van der Waals surface area contributed by atoms with Crippen LogP contribution in [0.15, 0.2) is 54.6 Å². The van der Waals surface area contributed by atoms with Gasteiger partial charge in [-0.1, -0.05) is 30.3 Å². The van der Waals surface area contributed by atoms with E-state index in [4.69, 9.17) is 9.84 Å². The molecule has 2 N–H and O–H groups in total. The molecule has 104 valence electrons. The Hall–Kier alpha value is -2.33. The van der Waals surface area contributed by atoms with Gasteiger partial charge in [-0.2, -0.15) is 0 Å². The molecule has 4 heteroatoms. The second kappa shape index (κ2) is 6.73. The molecule has 0 saturated heterocycles. The van der Waals surface area contributed by atoms with Gasteiger partial charge in [0.25, 0.3) is 0 Å². The van der Waals surface area contributed by atoms with Crippen molar-refractivity contribution in [1.82, 2.24) is 5.32 Å². The first-order valence-corrected chi connectivity index (χ1v) is 6.43. The molecular weight excluding hydrogens is 254 g/mol. The molecule has 2 aromatic rings. The van der Waals surface area contributed by atoms with Crippen LogP contribution in [0.4, 0.5) is 0 Å². The van der Waals surface area contributed by atoms with Crippen molar-refractivity contribution in [3.05, 3.63) is 60.2 Å². The summed E-state index contributed by atoms with van der Waals surface area (Å²) in [6.07, 6.45) is 0. The van der Waals surface area contributed by atoms with Gasteiger partial charge in [-0.05, 0) is 36.8 Å². The van der Waals surface area contributed by atoms with Crippen molar-refractivity contribution in [1.29, 1.82) is 0 Å². The minimum Gasteiger partial charge on any atom is -0.480 e. The highest BCUT2D eigenvalue weighted by Gasteiger charge is 2.09. The van der Waals surface area contributed by atoms with E-state index in [2.05, 4.69) is 5.32 Å². The molecule has 0 aliphatic rings. The molecule has 0 aliphatic heterocycles. The van der Waals surface area contributed by atoms with Gasteiger partial charge in [0, 0.05) is 6.54 Å². The lowest BCUT2D eigenvalue weighted by atomic mass is 10.2. The third kappa shape index (κ3) is 4.10. The van der Waals surface area contributed by atoms with Crippen LogP contribution in [0.1, 0.15) is 12.5 Å². The third-order valence-corrected chi connectivity index (χ3v) is 2.86. The van der Waals surface area contributed by atoms with Gasteiger partial charge in [-0.15, -0.1) is 0 Å². The third-order valence-electron chi connectivity index (χ3n) is 2.86. The summed E-state index contributed by atoms with van der Waals surface area (Å²) in [6, 6.07) is 16.5. The van der Waals surface area contributed by atoms with Crippen LogP contribution in [0.5, 0.6) is 11.5 Å². The predicted octanol–water partition coefficient (Wildman–Crippen LogP) is 3.04. The number of hydrogen-bond donors (Lipinski definition) is 2. The summed E-state index contributed by atoms with van der Waals surface area (Å²) in [5, 5.41) is 11.8. The highest BCUT2D eigenvalue weighted by molar-refractivity contribution is 5.72. The number of carboxylic acids is 1. The van der Waals surface area contributed by atoms with Crippen molar-refractivity contribution < 1.29 is 14.6 Å². The zero-order valence-electron chi connectivity index (χ0n) is 11.2. The molecule has 0 fully saturated rings. The molecular formula is C16H17NO3. The molecule has 0 aliphatic carbocycles. The lowest BCUT2D eigenvalue weighted by Gasteiger charge is -2.10. The molecule has 4 nitrogen and oxygen atoms in total. The predicted molar refractivity (Wildman–Crippen MR) is 76.9 cm³/mol. The first-order valence-electron chi connectivity index (χ1n) is 6.43. The van der Waals surface area contributed by atoms with Crippen molar-refractivity contribution in [2.75, 3.05) is 0 Å². The van der Waals surface area contributed by atoms with E-state index >= 15 is 0 Å². The molecule has 2 rings (SSSR count). The summed E-state index contributed by atoms with van der Waals surface area (Å²) in [7, 11) is 0. The minimum absolute atomic E-state index is 0.486. The number of ether oxygens (including phenoxy) is 1. The number of hydrogen-bond acceptors (Lipinski definition) is 3. The fourth-order valence-electron chi connectivity index (χ4n) is 1.70. The topological polar surface area (TPSA) is 58.6 Å². The van der Waals surface area contributed by atoms with Crippen LogP contribution in [-0.4, -0.2) is 17.1 Å². The molecule has 0 aromatic heterocycles. The largest absolute Gasteiger partial charge is 0.480 e. The fraction of sp³-hybridized carbons (Fsp3) is 0.188. The lowest BCUT2D eigenvalue weighted by Crippen LogP contribution is -2.33. The van der Waals surface area contributed by atoms with Crippen molar-refractivity contribution >= 4 is 5.97 Å². The SMILES string of the molecule is CC(NCc1cccc(Oc2ccccc2)c1)C(=O)O. The average molecular weight is 271 g/mol. The Bertz CT molecular complexity index is 569. The van der Waals surface area contributed by atoms with Crippen LogP contribution >= 0.6 is 0 Å². The maximum absolute atomic E-state index is 10.7. The molecule has 0 bridgehead atoms. The van der Waals surface area contributed by atoms with Gasteiger partial charge >= 0.3 is 5.97 Å². The molecule has 20 heavy (non-hydrogen) atoms. The molecule has 1 atom stereocenters. The number of carboxylic acid groups (broad SMARTS) is 1. The Morgan fingerprint density at radius 2 is 1.85 bits per heavy atom. The van der Waals surface area contributed by atoms with E-state index in [1.54, 1.807) is 6.92 Å². The summed E-state index contributed by atoms with van der Waals surface area (Å²) in [5.74, 6) is 0.650. The van der Waals surface area contributed by atoms with E-state index in [0.29, 0.717) is 6.54 Å². The molecule has 1 unspecified atom stereocenters. The molecule has 0 heterocycles. The van der Waals surface area contributed by atoms with Crippen LogP contribution in [0.25, 0.3) is 0 Å². The van der Waals surface area contributed by atoms with Crippen LogP contribution < -0.4 is 10.1 Å². The minimum atomic E-state index is -0.860. The number of nitrogens with one attached hydrogen (secondary N) is 1. The van der Waals surface area contributed by atoms with Gasteiger partial charge < -0.3 is 15.2 Å². The second-order valence-corrected chi connectivity index (χ2v) is 4.50. The van der Waals surface area contributed by atoms with Gasteiger partial charge in [0.05, 0.1) is 0 Å². The lowest BCUT2D eigenvalue weighted by molar-refractivity contribution is -0.139. The first-order chi connectivity index (χ1) is 9.65. The Balaban J connectivity index is 1.99. The molecule has 2 aromatic carbocycles. The first kappa shape index (κ1) is 14.1. The van der Waals surface area contributed by atoms with Crippen molar-refractivity contribution in [2.24, 2.45) is 0 Å². The van der Waals surface area contributed by atoms with Gasteiger partial charge in [0.1, 0.15) is 17.5 Å². The van der Waals surface area contributed by atoms with Crippen LogP contribution in [0, 0.1) is 0 Å². The van der Waals surface area contributed by atoms with Gasteiger partial charge in [0.15, 0.2) is 0 Å². The summed E-state index contributed by atoms with van der Waals surface area (Å²) in [6.45, 7) is 2.10. The fourth-order valence-corrected chi connectivity index (χ4v) is 1.70. The maximum Gasteiger partial charge on any atom is 0.320 e. The average Bonchev–Trinajstić information content (AvgIpc) is 2.46. The van der Waals surface area contributed by atoms with Gasteiger partial charge in [-0.25, -0.2) is 0 Å². The van der Waals surface area contributed by atoms with E-state index in [-0.39, 0.29) is 0 Å². The van der Waals surface area contributed by atoms with Gasteiger partial charge in [-0.3, -0.25) is 4.79 Å². The Morgan fingerprint density at radius 3 is 2.55 bits per heavy atom. The number of benzene rings is 2. The Labute approximate surface area is 118 Å². The standard InChI is InChI=1S/C16H17NO3/c1-12(16(18)19)17-11-13-6-5-9-15(10-13)20-14-7-3-2-4-8-14/h2-10,12,17H,11H2,1H3,(H,18,19). The number of para-hydroxylation sites is 1. The highest BCUT2D eigenvalue weighted by Crippen LogP contribution is 2.21. The Kier molecular flexibility index (Phi) is 4.74. The zero-order valence-corrected chi connectivity index (χ0v) is 11.2. The summed E-state index contributed by atoms with van der Waals surface area (Å²) in [4.78, 5) is 10.7. The van der Waals surface area contributed by atoms with Crippen LogP contribution in [0.2, 0.25) is 0 Å². The monoisotopic (exact) mass is 271 g/mol. The number of carbonyl (C=O) groups is 1. The number of aliphatic carboxylic acids is 1. The highest BCUT2D eigenvalue weighted by atomic mass is 16.5. The van der Waals surface area contributed by atoms with Crippen molar-refractivity contribution in [3.63, 3.8) is 0 Å². The molecule has 0 amide bonds. The normalized spacial score (nSPS) is 11.8. The van der Waals surface area contributed by atoms with E-state index < -0.39 is 12.0 Å². The van der Waals surface area contributed by atoms with Crippen LogP contribution in [0.3, 0.4) is 0 Å². The quantitative estimate of drug-likeness (QED) is 0.847. The molecule has 0 radical (unpaired) electrons. The van der Waals surface area contributed by atoms with Crippen LogP contribution in [-0.2, 0) is 11.3 Å². The summed E-state index contributed by atoms with van der Waals surface area (Å²) in [5.41, 5.74) is 0.978. The smallest absolute Gasteiger partial charge is 0.320 e. The van der Waals surface area contributed by atoms with Crippen molar-refractivity contribution in [2.45, 2.75) is 19.5 Å². The van der Waals surface area contributed by atoms with E-state index in [1.807, 2.05) is 54.6 Å². The molecule has 0 saturated carbocycles. The van der Waals surface area contributed by atoms with Crippen molar-refractivity contribution in [3.8, 4) is 11.5 Å². The van der Waals surface area contributed by atoms with E-state index in [0.717, 1.165) is 17.1 Å². The Morgan fingerprint density at radius 1 is 1.15 bits per heavy atom. The van der Waals surface area contributed by atoms with E-state index in [9.17, 15) is 4.79 Å². The molecule has 0 spiro atoms. The second-order valence-electron chi connectivity index (χ2n) is 4.50.